The molecule has 2 radical (unpaired) electrons. The standard InChI is InChI=1S/C36H83Si9.C27H59Si6.Pb/c1-37(2,3)34(38(4,5)6,39(7,8)9)31-28-32(35(40(10,11)12,41(13,14)15)42(16,17)18)30-33(29-31)36(43(19,20)21,44(22,23)24)45(25,26)27;1-28(2,3)25(29(4,5)6)22-19-23(26(30(7,8)9)31(10,11)12)21-24(20-22)27(32(13,14)15)33(16,17)18;/h28-29H,1-27H3;19-20,25-27H,1-18H3;. The van der Waals surface area contributed by atoms with Gasteiger partial charge in [0.2, 0.25) is 0 Å². The Labute approximate surface area is 526 Å². The van der Waals surface area contributed by atoms with E-state index in [1.165, 1.54) is 0 Å². The van der Waals surface area contributed by atoms with Crippen LogP contribution in [0.25, 0.3) is 0 Å². The Bertz CT molecular complexity index is 2180. The fraction of sp³-hybridized carbons (Fsp3) is 0.810. The molecule has 0 N–H and O–H groups in total. The van der Waals surface area contributed by atoms with E-state index < -0.39 is 145 Å². The summed E-state index contributed by atoms with van der Waals surface area (Å²) < 4.78 is 5.02. The van der Waals surface area contributed by atoms with Gasteiger partial charge in [0, 0.05) is 0 Å². The molecule has 2 rings (SSSR count). The van der Waals surface area contributed by atoms with Gasteiger partial charge >= 0.3 is 532 Å². The zero-order valence-corrected chi connectivity index (χ0v) is 81.4. The summed E-state index contributed by atoms with van der Waals surface area (Å²) >= 11 is -2.09. The van der Waals surface area contributed by atoms with Crippen molar-refractivity contribution in [2.75, 3.05) is 0 Å². The molecule has 0 fully saturated rings. The predicted octanol–water partition coefficient (Wildman–Crippen LogP) is 21.5. The van der Waals surface area contributed by atoms with Crippen LogP contribution in [0.4, 0.5) is 0 Å². The molecule has 0 amide bonds. The molecule has 16 heteroatoms. The molecule has 0 bridgehead atoms. The fourth-order valence-electron chi connectivity index (χ4n) is 23.8. The second-order valence-corrected chi connectivity index (χ2v) is 132. The first-order valence-corrected chi connectivity index (χ1v) is 88.8. The van der Waals surface area contributed by atoms with Crippen molar-refractivity contribution in [2.24, 2.45) is 0 Å². The molecule has 458 valence electrons. The topological polar surface area (TPSA) is 0 Å². The summed E-state index contributed by atoms with van der Waals surface area (Å²) in [4.78, 5) is 0. The van der Waals surface area contributed by atoms with Gasteiger partial charge < -0.3 is 0 Å². The number of benzene rings is 2. The molecule has 0 nitrogen and oxygen atoms in total. The third-order valence-corrected chi connectivity index (χ3v) is 118. The first-order chi connectivity index (χ1) is 33.8. The van der Waals surface area contributed by atoms with E-state index in [0.29, 0.717) is 14.6 Å². The van der Waals surface area contributed by atoms with E-state index in [-0.39, 0.29) is 8.57 Å². The van der Waals surface area contributed by atoms with E-state index in [0.717, 1.165) is 5.16 Å². The quantitative estimate of drug-likeness (QED) is 0.0973. The molecule has 0 aliphatic carbocycles. The van der Waals surface area contributed by atoms with Gasteiger partial charge in [0.15, 0.2) is 0 Å². The Morgan fingerprint density at radius 3 is 0.595 bits per heavy atom. The Balaban J connectivity index is 4.57. The summed E-state index contributed by atoms with van der Waals surface area (Å²) in [5.41, 5.74) is 11.8. The summed E-state index contributed by atoms with van der Waals surface area (Å²) in [5, 5.41) is 2.16. The van der Waals surface area contributed by atoms with Crippen LogP contribution in [0.15, 0.2) is 24.3 Å². The zero-order valence-electron chi connectivity index (χ0n) is 62.5. The molecular formula is C63H142PbSi15. The third kappa shape index (κ3) is 14.5. The van der Waals surface area contributed by atoms with Gasteiger partial charge in [0.05, 0.1) is 0 Å². The van der Waals surface area contributed by atoms with Crippen LogP contribution in [0.2, 0.25) is 295 Å². The van der Waals surface area contributed by atoms with Gasteiger partial charge in [-0.15, -0.1) is 0 Å². The first kappa shape index (κ1) is 77.7. The third-order valence-electron chi connectivity index (χ3n) is 20.1. The predicted molar refractivity (Wildman–Crippen MR) is 421 cm³/mol. The Morgan fingerprint density at radius 1 is 0.241 bits per heavy atom. The van der Waals surface area contributed by atoms with E-state index in [4.69, 9.17) is 0 Å². The van der Waals surface area contributed by atoms with E-state index in [1.807, 2.05) is 22.3 Å². The molecule has 79 heavy (non-hydrogen) atoms. The van der Waals surface area contributed by atoms with Crippen LogP contribution in [-0.2, 0) is 12.9 Å². The van der Waals surface area contributed by atoms with Gasteiger partial charge in [0.25, 0.3) is 0 Å². The zero-order chi connectivity index (χ0) is 63.9. The van der Waals surface area contributed by atoms with Gasteiger partial charge in [0.1, 0.15) is 0 Å². The van der Waals surface area contributed by atoms with Gasteiger partial charge in [-0.3, -0.25) is 0 Å². The van der Waals surface area contributed by atoms with Crippen LogP contribution in [-0.4, -0.2) is 145 Å². The van der Waals surface area contributed by atoms with Crippen molar-refractivity contribution in [3.05, 3.63) is 57.6 Å². The fourth-order valence-corrected chi connectivity index (χ4v) is 164. The summed E-state index contributed by atoms with van der Waals surface area (Å²) in [6.07, 6.45) is 0. The molecule has 0 aliphatic heterocycles. The van der Waals surface area contributed by atoms with E-state index in [2.05, 4.69) is 336 Å². The molecule has 0 saturated heterocycles. The van der Waals surface area contributed by atoms with Crippen molar-refractivity contribution >= 4 is 152 Å². The van der Waals surface area contributed by atoms with Crippen LogP contribution in [0, 0.1) is 0 Å². The van der Waals surface area contributed by atoms with Crippen molar-refractivity contribution in [3.8, 4) is 0 Å². The maximum atomic E-state index is 3.28. The molecule has 2 aromatic rings. The molecule has 0 aliphatic rings. The number of hydrogen-bond acceptors (Lipinski definition) is 0. The summed E-state index contributed by atoms with van der Waals surface area (Å²) in [6, 6.07) is 12.8. The minimum absolute atomic E-state index is 0.267. The second kappa shape index (κ2) is 23.1. The Kier molecular flexibility index (Phi) is 22.8. The van der Waals surface area contributed by atoms with Crippen LogP contribution in [0.1, 0.15) is 48.9 Å². The second-order valence-electron chi connectivity index (χ2n) is 42.1. The molecule has 0 saturated carbocycles. The van der Waals surface area contributed by atoms with E-state index in [9.17, 15) is 0 Å². The summed E-state index contributed by atoms with van der Waals surface area (Å²) in [7, 11) is -28.5. The van der Waals surface area contributed by atoms with Crippen LogP contribution < -0.4 is 6.25 Å². The minimum atomic E-state index is -2.09. The average molecular weight is 1530 g/mol. The van der Waals surface area contributed by atoms with Crippen molar-refractivity contribution in [3.63, 3.8) is 0 Å². The van der Waals surface area contributed by atoms with Crippen LogP contribution >= 0.6 is 0 Å². The Hall–Kier alpha value is 2.62. The Morgan fingerprint density at radius 2 is 0.430 bits per heavy atom. The molecule has 2 aromatic carbocycles. The SMILES string of the molecule is C[Si](C)(C)C(c1cc(C([Si](C)(C)C)[Si](C)(C)C)[c]([Pb][c]2c(C([Si](C)(C)C)([Si](C)(C)C)[Si](C)(C)C)cc(C([Si](C)(C)C)([Si](C)(C)C)[Si](C)(C)C)cc2C([Si](C)(C)C)([Si](C)(C)C)[Si](C)(C)C)c(C([Si](C)(C)C)[Si](C)(C)C)c1)[Si](C)(C)C. The monoisotopic (exact) mass is 1530 g/mol. The van der Waals surface area contributed by atoms with Crippen molar-refractivity contribution in [2.45, 2.75) is 323 Å². The molecular weight excluding hydrogens is 1390 g/mol. The maximum absolute atomic E-state index is 3.28. The van der Waals surface area contributed by atoms with Gasteiger partial charge in [-0.05, 0) is 0 Å². The molecule has 0 atom stereocenters. The van der Waals surface area contributed by atoms with E-state index >= 15 is 0 Å². The first-order valence-electron chi connectivity index (χ1n) is 31.9. The number of hydrogen-bond donors (Lipinski definition) is 0. The van der Waals surface area contributed by atoms with Gasteiger partial charge in [-0.2, -0.15) is 0 Å². The van der Waals surface area contributed by atoms with Crippen molar-refractivity contribution in [1.82, 2.24) is 0 Å². The molecule has 0 aromatic heterocycles. The van der Waals surface area contributed by atoms with Crippen molar-refractivity contribution in [1.29, 1.82) is 0 Å². The van der Waals surface area contributed by atoms with E-state index in [1.54, 1.807) is 0 Å². The average Bonchev–Trinajstić information content (AvgIpc) is 3.01. The van der Waals surface area contributed by atoms with Gasteiger partial charge in [-0.25, -0.2) is 0 Å². The molecule has 0 unspecified atom stereocenters. The molecule has 0 spiro atoms. The molecule has 0 heterocycles. The van der Waals surface area contributed by atoms with Crippen molar-refractivity contribution < 1.29 is 0 Å². The summed E-state index contributed by atoms with van der Waals surface area (Å²) in [5.74, 6) is 0. The van der Waals surface area contributed by atoms with Crippen LogP contribution in [0.3, 0.4) is 0 Å². The normalized spacial score (nSPS) is 16.1. The summed E-state index contributed by atoms with van der Waals surface area (Å²) in [6.45, 7) is 129. The van der Waals surface area contributed by atoms with Crippen LogP contribution in [0.5, 0.6) is 0 Å². The number of rotatable bonds is 23. The van der Waals surface area contributed by atoms with Gasteiger partial charge in [-0.1, -0.05) is 0 Å².